The molecule has 5 rings (SSSR count). The highest BCUT2D eigenvalue weighted by molar-refractivity contribution is 7.13. The van der Waals surface area contributed by atoms with E-state index in [1.807, 2.05) is 46.8 Å². The molecule has 1 unspecified atom stereocenters. The molecule has 4 aromatic rings. The summed E-state index contributed by atoms with van der Waals surface area (Å²) in [5.41, 5.74) is 1.80. The average Bonchev–Trinajstić information content (AvgIpc) is 3.47. The van der Waals surface area contributed by atoms with E-state index in [2.05, 4.69) is 21.0 Å². The van der Waals surface area contributed by atoms with Crippen molar-refractivity contribution in [3.05, 3.63) is 58.2 Å². The fourth-order valence-electron chi connectivity index (χ4n) is 3.55. The van der Waals surface area contributed by atoms with Gasteiger partial charge in [0.1, 0.15) is 5.52 Å². The minimum absolute atomic E-state index is 0.123. The van der Waals surface area contributed by atoms with Gasteiger partial charge in [-0.2, -0.15) is 0 Å². The summed E-state index contributed by atoms with van der Waals surface area (Å²) in [5.74, 6) is 1.07. The number of likely N-dealkylation sites (tertiary alicyclic amines) is 1. The highest BCUT2D eigenvalue weighted by Gasteiger charge is 2.31. The second-order valence-electron chi connectivity index (χ2n) is 6.30. The van der Waals surface area contributed by atoms with Gasteiger partial charge in [-0.15, -0.1) is 22.7 Å². The SMILES string of the molecule is O=C(c1cccs1)N1CCC(n2c(-c3cccs3)nc3cccnc32)C1. The van der Waals surface area contributed by atoms with Crippen molar-refractivity contribution in [3.63, 3.8) is 0 Å². The lowest BCUT2D eigenvalue weighted by molar-refractivity contribution is 0.0792. The molecule has 1 aliphatic heterocycles. The van der Waals surface area contributed by atoms with E-state index in [9.17, 15) is 4.79 Å². The van der Waals surface area contributed by atoms with Gasteiger partial charge in [-0.05, 0) is 41.4 Å². The average molecular weight is 380 g/mol. The molecule has 0 saturated carbocycles. The molecule has 7 heteroatoms. The van der Waals surface area contributed by atoms with Crippen molar-refractivity contribution >= 4 is 39.7 Å². The summed E-state index contributed by atoms with van der Waals surface area (Å²) < 4.78 is 2.23. The number of rotatable bonds is 3. The van der Waals surface area contributed by atoms with Gasteiger partial charge in [-0.3, -0.25) is 4.79 Å². The van der Waals surface area contributed by atoms with Crippen molar-refractivity contribution in [1.82, 2.24) is 19.4 Å². The molecule has 26 heavy (non-hydrogen) atoms. The topological polar surface area (TPSA) is 51.0 Å². The molecular formula is C19H16N4OS2. The molecule has 5 nitrogen and oxygen atoms in total. The van der Waals surface area contributed by atoms with E-state index in [-0.39, 0.29) is 11.9 Å². The smallest absolute Gasteiger partial charge is 0.263 e. The predicted molar refractivity (Wildman–Crippen MR) is 105 cm³/mol. The number of amides is 1. The van der Waals surface area contributed by atoms with E-state index in [1.165, 1.54) is 11.3 Å². The van der Waals surface area contributed by atoms with Crippen LogP contribution in [0.5, 0.6) is 0 Å². The van der Waals surface area contributed by atoms with Crippen LogP contribution in [0.15, 0.2) is 53.4 Å². The molecule has 0 N–H and O–H groups in total. The second-order valence-corrected chi connectivity index (χ2v) is 8.20. The third kappa shape index (κ3) is 2.55. The molecule has 4 aromatic heterocycles. The Morgan fingerprint density at radius 1 is 1.12 bits per heavy atom. The van der Waals surface area contributed by atoms with Crippen molar-refractivity contribution in [2.45, 2.75) is 12.5 Å². The first-order valence-electron chi connectivity index (χ1n) is 8.51. The first kappa shape index (κ1) is 15.7. The van der Waals surface area contributed by atoms with E-state index in [1.54, 1.807) is 11.3 Å². The van der Waals surface area contributed by atoms with E-state index in [0.29, 0.717) is 6.54 Å². The Bertz CT molecular complexity index is 1050. The highest BCUT2D eigenvalue weighted by Crippen LogP contribution is 2.34. The summed E-state index contributed by atoms with van der Waals surface area (Å²) in [6.45, 7) is 1.45. The van der Waals surface area contributed by atoms with Gasteiger partial charge in [-0.1, -0.05) is 12.1 Å². The largest absolute Gasteiger partial charge is 0.336 e. The zero-order valence-corrected chi connectivity index (χ0v) is 15.5. The van der Waals surface area contributed by atoms with Crippen LogP contribution in [0.2, 0.25) is 0 Å². The number of imidazole rings is 1. The first-order valence-corrected chi connectivity index (χ1v) is 10.3. The lowest BCUT2D eigenvalue weighted by Crippen LogP contribution is -2.28. The van der Waals surface area contributed by atoms with E-state index in [0.717, 1.165) is 39.7 Å². The van der Waals surface area contributed by atoms with Gasteiger partial charge in [0, 0.05) is 19.3 Å². The van der Waals surface area contributed by atoms with Crippen molar-refractivity contribution < 1.29 is 4.79 Å². The number of nitrogens with zero attached hydrogens (tertiary/aromatic N) is 4. The molecule has 0 bridgehead atoms. The van der Waals surface area contributed by atoms with Crippen molar-refractivity contribution in [2.75, 3.05) is 13.1 Å². The molecule has 0 aromatic carbocycles. The summed E-state index contributed by atoms with van der Waals surface area (Å²) in [5, 5.41) is 4.01. The van der Waals surface area contributed by atoms with Gasteiger partial charge in [0.05, 0.1) is 15.8 Å². The molecule has 5 heterocycles. The van der Waals surface area contributed by atoms with E-state index >= 15 is 0 Å². The predicted octanol–water partition coefficient (Wildman–Crippen LogP) is 4.31. The third-order valence-electron chi connectivity index (χ3n) is 4.74. The van der Waals surface area contributed by atoms with Gasteiger partial charge in [0.2, 0.25) is 0 Å². The van der Waals surface area contributed by atoms with Crippen LogP contribution in [0.25, 0.3) is 21.9 Å². The maximum Gasteiger partial charge on any atom is 0.263 e. The summed E-state index contributed by atoms with van der Waals surface area (Å²) in [6.07, 6.45) is 2.72. The van der Waals surface area contributed by atoms with Gasteiger partial charge >= 0.3 is 0 Å². The van der Waals surface area contributed by atoms with Crippen molar-refractivity contribution in [1.29, 1.82) is 0 Å². The maximum absolute atomic E-state index is 12.7. The molecule has 1 saturated heterocycles. The second kappa shape index (κ2) is 6.34. The molecule has 130 valence electrons. The van der Waals surface area contributed by atoms with Gasteiger partial charge < -0.3 is 9.47 Å². The molecule has 0 radical (unpaired) electrons. The number of hydrogen-bond donors (Lipinski definition) is 0. The third-order valence-corrected chi connectivity index (χ3v) is 6.46. The molecule has 1 fully saturated rings. The zero-order valence-electron chi connectivity index (χ0n) is 13.9. The minimum atomic E-state index is 0.123. The lowest BCUT2D eigenvalue weighted by Gasteiger charge is -2.18. The number of carbonyl (C=O) groups is 1. The number of thiophene rings is 2. The normalized spacial score (nSPS) is 17.2. The lowest BCUT2D eigenvalue weighted by atomic mass is 10.2. The van der Waals surface area contributed by atoms with Crippen molar-refractivity contribution in [2.24, 2.45) is 0 Å². The Morgan fingerprint density at radius 3 is 2.81 bits per heavy atom. The van der Waals surface area contributed by atoms with Crippen LogP contribution in [-0.4, -0.2) is 38.4 Å². The fourth-order valence-corrected chi connectivity index (χ4v) is 4.95. The Morgan fingerprint density at radius 2 is 2.00 bits per heavy atom. The number of carbonyl (C=O) groups excluding carboxylic acids is 1. The summed E-state index contributed by atoms with van der Waals surface area (Å²) in [7, 11) is 0. The van der Waals surface area contributed by atoms with Gasteiger partial charge in [0.25, 0.3) is 5.91 Å². The van der Waals surface area contributed by atoms with Crippen molar-refractivity contribution in [3.8, 4) is 10.7 Å². The van der Waals surface area contributed by atoms with Gasteiger partial charge in [0.15, 0.2) is 11.5 Å². The number of aromatic nitrogens is 3. The summed E-state index contributed by atoms with van der Waals surface area (Å²) in [6, 6.07) is 12.1. The standard InChI is InChI=1S/C19H16N4OS2/c24-19(16-6-3-11-26-16)22-9-7-13(12-22)23-17-14(4-1-8-20-17)21-18(23)15-5-2-10-25-15/h1-6,8,10-11,13H,7,9,12H2. The van der Waals surface area contributed by atoms with Crippen LogP contribution in [0.4, 0.5) is 0 Å². The molecular weight excluding hydrogens is 364 g/mol. The zero-order chi connectivity index (χ0) is 17.5. The molecule has 1 amide bonds. The number of pyridine rings is 1. The number of fused-ring (bicyclic) bond motifs is 1. The highest BCUT2D eigenvalue weighted by atomic mass is 32.1. The Balaban J connectivity index is 1.53. The Hall–Kier alpha value is -2.51. The van der Waals surface area contributed by atoms with Crippen LogP contribution in [0.3, 0.4) is 0 Å². The van der Waals surface area contributed by atoms with Crippen LogP contribution in [0, 0.1) is 0 Å². The van der Waals surface area contributed by atoms with Gasteiger partial charge in [-0.25, -0.2) is 9.97 Å². The Labute approximate surface area is 158 Å². The number of hydrogen-bond acceptors (Lipinski definition) is 5. The first-order chi connectivity index (χ1) is 12.8. The quantitative estimate of drug-likeness (QED) is 0.532. The van der Waals surface area contributed by atoms with Crippen LogP contribution >= 0.6 is 22.7 Å². The fraction of sp³-hybridized carbons (Fsp3) is 0.211. The summed E-state index contributed by atoms with van der Waals surface area (Å²) >= 11 is 3.18. The van der Waals surface area contributed by atoms with E-state index in [4.69, 9.17) is 4.98 Å². The van der Waals surface area contributed by atoms with Crippen LogP contribution in [-0.2, 0) is 0 Å². The van der Waals surface area contributed by atoms with Crippen LogP contribution in [0.1, 0.15) is 22.1 Å². The molecule has 1 aliphatic rings. The Kier molecular flexibility index (Phi) is 3.83. The molecule has 0 aliphatic carbocycles. The van der Waals surface area contributed by atoms with Crippen LogP contribution < -0.4 is 0 Å². The molecule has 0 spiro atoms. The van der Waals surface area contributed by atoms with E-state index < -0.39 is 0 Å². The minimum Gasteiger partial charge on any atom is -0.336 e. The molecule has 1 atom stereocenters. The summed E-state index contributed by atoms with van der Waals surface area (Å²) in [4.78, 5) is 26.0. The maximum atomic E-state index is 12.7. The monoisotopic (exact) mass is 380 g/mol.